The minimum Gasteiger partial charge on any atom is -0.432 e. The molecule has 0 unspecified atom stereocenters. The van der Waals surface area contributed by atoms with E-state index in [4.69, 9.17) is 9.47 Å². The standard InChI is InChI=1S/C31H56N2O8/c1-5-7-8-9-10-11-12-13-14-15-16-17-18-20-25(36)32-26(22(3)4)30(39)41-31-27(33-24(35)19-6-2)29(38)28(37)23(21-34)40-31/h12-13,22-23,26-29,31,34,37-38H,5-11,14-21H2,1-4H3,(H,32,36)(H,33,35)/b13-12-/t23-,26+,27-,28-,29-,31-/m1/s1. The first-order chi connectivity index (χ1) is 19.7. The van der Waals surface area contributed by atoms with Gasteiger partial charge in [0.15, 0.2) is 0 Å². The quantitative estimate of drug-likeness (QED) is 0.0778. The van der Waals surface area contributed by atoms with Gasteiger partial charge in [0.05, 0.1) is 6.61 Å². The van der Waals surface area contributed by atoms with Gasteiger partial charge in [-0.25, -0.2) is 4.79 Å². The van der Waals surface area contributed by atoms with Crippen LogP contribution in [-0.2, 0) is 23.9 Å². The Hall–Kier alpha value is -2.01. The lowest BCUT2D eigenvalue weighted by Gasteiger charge is -2.42. The van der Waals surface area contributed by atoms with Crippen LogP contribution in [-0.4, -0.2) is 76.4 Å². The van der Waals surface area contributed by atoms with Crippen molar-refractivity contribution in [3.05, 3.63) is 12.2 Å². The van der Waals surface area contributed by atoms with E-state index in [2.05, 4.69) is 29.7 Å². The van der Waals surface area contributed by atoms with Gasteiger partial charge in [-0.15, -0.1) is 0 Å². The molecule has 0 saturated carbocycles. The smallest absolute Gasteiger partial charge is 0.331 e. The molecule has 0 aromatic rings. The zero-order valence-electron chi connectivity index (χ0n) is 25.7. The van der Waals surface area contributed by atoms with Crippen LogP contribution in [0.4, 0.5) is 0 Å². The van der Waals surface area contributed by atoms with Crippen molar-refractivity contribution in [3.8, 4) is 0 Å². The number of hydrogen-bond donors (Lipinski definition) is 5. The lowest BCUT2D eigenvalue weighted by Crippen LogP contribution is -2.65. The van der Waals surface area contributed by atoms with E-state index < -0.39 is 55.2 Å². The van der Waals surface area contributed by atoms with Gasteiger partial charge in [0.1, 0.15) is 30.4 Å². The summed E-state index contributed by atoms with van der Waals surface area (Å²) in [5.74, 6) is -1.75. The second-order valence-electron chi connectivity index (χ2n) is 11.4. The highest BCUT2D eigenvalue weighted by Crippen LogP contribution is 2.23. The van der Waals surface area contributed by atoms with E-state index in [0.717, 1.165) is 32.1 Å². The normalized spacial score (nSPS) is 23.5. The molecule has 6 atom stereocenters. The highest BCUT2D eigenvalue weighted by Gasteiger charge is 2.47. The maximum atomic E-state index is 13.1. The number of amides is 2. The first-order valence-electron chi connectivity index (χ1n) is 15.7. The Morgan fingerprint density at radius 1 is 0.829 bits per heavy atom. The van der Waals surface area contributed by atoms with Gasteiger partial charge in [-0.3, -0.25) is 9.59 Å². The number of unbranched alkanes of at least 4 members (excludes halogenated alkanes) is 9. The van der Waals surface area contributed by atoms with Gasteiger partial charge in [-0.2, -0.15) is 0 Å². The number of hydrogen-bond acceptors (Lipinski definition) is 8. The molecular weight excluding hydrogens is 528 g/mol. The molecule has 0 aromatic heterocycles. The van der Waals surface area contributed by atoms with E-state index in [-0.39, 0.29) is 24.7 Å². The van der Waals surface area contributed by atoms with E-state index in [1.54, 1.807) is 13.8 Å². The molecule has 1 aliphatic heterocycles. The Morgan fingerprint density at radius 3 is 2.00 bits per heavy atom. The molecule has 238 valence electrons. The number of rotatable bonds is 21. The van der Waals surface area contributed by atoms with E-state index >= 15 is 0 Å². The Bertz CT molecular complexity index is 775. The molecule has 1 saturated heterocycles. The summed E-state index contributed by atoms with van der Waals surface area (Å²) < 4.78 is 11.0. The Kier molecular flexibility index (Phi) is 19.6. The van der Waals surface area contributed by atoms with Crippen LogP contribution < -0.4 is 10.6 Å². The zero-order chi connectivity index (χ0) is 30.6. The van der Waals surface area contributed by atoms with Crippen LogP contribution in [0.15, 0.2) is 12.2 Å². The number of carbonyl (C=O) groups excluding carboxylic acids is 3. The first-order valence-corrected chi connectivity index (χ1v) is 15.7. The van der Waals surface area contributed by atoms with E-state index in [9.17, 15) is 29.7 Å². The monoisotopic (exact) mass is 584 g/mol. The topological polar surface area (TPSA) is 154 Å². The molecule has 10 nitrogen and oxygen atoms in total. The maximum absolute atomic E-state index is 13.1. The molecule has 0 aliphatic carbocycles. The minimum atomic E-state index is -1.53. The average molecular weight is 585 g/mol. The van der Waals surface area contributed by atoms with E-state index in [1.165, 1.54) is 32.1 Å². The van der Waals surface area contributed by atoms with Crippen molar-refractivity contribution in [1.29, 1.82) is 0 Å². The van der Waals surface area contributed by atoms with E-state index in [0.29, 0.717) is 12.8 Å². The van der Waals surface area contributed by atoms with Crippen molar-refractivity contribution in [3.63, 3.8) is 0 Å². The zero-order valence-corrected chi connectivity index (χ0v) is 25.7. The molecule has 10 heteroatoms. The van der Waals surface area contributed by atoms with Crippen molar-refractivity contribution in [2.24, 2.45) is 5.92 Å². The molecule has 0 spiro atoms. The Morgan fingerprint density at radius 2 is 1.44 bits per heavy atom. The number of ether oxygens (including phenoxy) is 2. The number of aliphatic hydroxyl groups excluding tert-OH is 3. The molecule has 1 heterocycles. The summed E-state index contributed by atoms with van der Waals surface area (Å²) in [5.41, 5.74) is 0. The van der Waals surface area contributed by atoms with Crippen LogP contribution in [0, 0.1) is 5.92 Å². The third-order valence-electron chi connectivity index (χ3n) is 7.32. The fourth-order valence-corrected chi connectivity index (χ4v) is 4.76. The van der Waals surface area contributed by atoms with Crippen LogP contribution in [0.3, 0.4) is 0 Å². The third kappa shape index (κ3) is 14.6. The fourth-order valence-electron chi connectivity index (χ4n) is 4.76. The number of allylic oxidation sites excluding steroid dienone is 2. The molecule has 1 rings (SSSR count). The summed E-state index contributed by atoms with van der Waals surface area (Å²) in [7, 11) is 0. The minimum absolute atomic E-state index is 0.171. The van der Waals surface area contributed by atoms with Crippen molar-refractivity contribution in [2.75, 3.05) is 6.61 Å². The summed E-state index contributed by atoms with van der Waals surface area (Å²) >= 11 is 0. The molecular formula is C31H56N2O8. The third-order valence-corrected chi connectivity index (χ3v) is 7.32. The SMILES string of the molecule is CCCCCCC/C=C\CCCCCCC(=O)N[C@H](C(=O)O[C@H]1O[C@H](CO)[C@@H](O)[C@H](O)[C@H]1NC(=O)CCC)C(C)C. The van der Waals surface area contributed by atoms with E-state index in [1.807, 2.05) is 6.92 Å². The van der Waals surface area contributed by atoms with Crippen LogP contribution in [0.2, 0.25) is 0 Å². The largest absolute Gasteiger partial charge is 0.432 e. The Labute approximate surface area is 246 Å². The second-order valence-corrected chi connectivity index (χ2v) is 11.4. The summed E-state index contributed by atoms with van der Waals surface area (Å²) in [6.45, 7) is 6.95. The van der Waals surface area contributed by atoms with Gasteiger partial charge >= 0.3 is 5.97 Å². The molecule has 2 amide bonds. The van der Waals surface area contributed by atoms with Crippen LogP contribution >= 0.6 is 0 Å². The molecule has 5 N–H and O–H groups in total. The maximum Gasteiger partial charge on any atom is 0.331 e. The molecule has 0 aromatic carbocycles. The van der Waals surface area contributed by atoms with Crippen molar-refractivity contribution >= 4 is 17.8 Å². The highest BCUT2D eigenvalue weighted by atomic mass is 16.7. The van der Waals surface area contributed by atoms with Crippen LogP contribution in [0.25, 0.3) is 0 Å². The first kappa shape index (κ1) is 37.0. The van der Waals surface area contributed by atoms with Crippen LogP contribution in [0.1, 0.15) is 118 Å². The molecule has 1 aliphatic rings. The molecule has 1 fully saturated rings. The van der Waals surface area contributed by atoms with Gasteiger partial charge in [-0.05, 0) is 44.4 Å². The summed E-state index contributed by atoms with van der Waals surface area (Å²) in [6.07, 6.45) is 12.3. The van der Waals surface area contributed by atoms with Gasteiger partial charge in [-0.1, -0.05) is 78.4 Å². The lowest BCUT2D eigenvalue weighted by atomic mass is 9.96. The molecule has 0 bridgehead atoms. The van der Waals surface area contributed by atoms with Gasteiger partial charge < -0.3 is 35.4 Å². The summed E-state index contributed by atoms with van der Waals surface area (Å²) in [6, 6.07) is -2.21. The number of esters is 1. The van der Waals surface area contributed by atoms with Crippen molar-refractivity contribution in [2.45, 2.75) is 154 Å². The number of carbonyl (C=O) groups is 3. The molecule has 0 radical (unpaired) electrons. The Balaban J connectivity index is 2.50. The van der Waals surface area contributed by atoms with Crippen molar-refractivity contribution in [1.82, 2.24) is 10.6 Å². The highest BCUT2D eigenvalue weighted by molar-refractivity contribution is 5.84. The van der Waals surface area contributed by atoms with Gasteiger partial charge in [0.2, 0.25) is 18.1 Å². The van der Waals surface area contributed by atoms with Gasteiger partial charge in [0, 0.05) is 12.8 Å². The summed E-state index contributed by atoms with van der Waals surface area (Å²) in [4.78, 5) is 37.9. The second kappa shape index (κ2) is 21.7. The number of nitrogens with one attached hydrogen (secondary N) is 2. The molecule has 41 heavy (non-hydrogen) atoms. The predicted octanol–water partition coefficient (Wildman–Crippen LogP) is 3.65. The number of aliphatic hydroxyl groups is 3. The predicted molar refractivity (Wildman–Crippen MR) is 158 cm³/mol. The van der Waals surface area contributed by atoms with Crippen LogP contribution in [0.5, 0.6) is 0 Å². The average Bonchev–Trinajstić information content (AvgIpc) is 2.93. The van der Waals surface area contributed by atoms with Crippen molar-refractivity contribution < 1.29 is 39.2 Å². The fraction of sp³-hybridized carbons (Fsp3) is 0.839. The summed E-state index contributed by atoms with van der Waals surface area (Å²) in [5, 5.41) is 35.6. The lowest BCUT2D eigenvalue weighted by molar-refractivity contribution is -0.264. The van der Waals surface area contributed by atoms with Gasteiger partial charge in [0.25, 0.3) is 0 Å².